The maximum Gasteiger partial charge on any atom is 0.238 e. The van der Waals surface area contributed by atoms with Gasteiger partial charge in [-0.1, -0.05) is 48.5 Å². The van der Waals surface area contributed by atoms with Gasteiger partial charge in [-0.15, -0.1) is 0 Å². The molecule has 2 rings (SSSR count). The highest BCUT2D eigenvalue weighted by Crippen LogP contribution is 2.15. The Morgan fingerprint density at radius 1 is 0.957 bits per heavy atom. The zero-order valence-corrected chi connectivity index (χ0v) is 12.6. The van der Waals surface area contributed by atoms with Crippen molar-refractivity contribution in [2.45, 2.75) is 19.4 Å². The molecule has 0 saturated carbocycles. The van der Waals surface area contributed by atoms with Crippen LogP contribution in [0.25, 0.3) is 0 Å². The predicted octanol–water partition coefficient (Wildman–Crippen LogP) is 2.40. The molecule has 0 saturated heterocycles. The topological polar surface area (TPSA) is 82.0 Å². The Balaban J connectivity index is 1.94. The van der Waals surface area contributed by atoms with Gasteiger partial charge < -0.3 is 10.6 Å². The van der Waals surface area contributed by atoms with Crippen LogP contribution >= 0.6 is 0 Å². The lowest BCUT2D eigenvalue weighted by Gasteiger charge is -2.11. The second kappa shape index (κ2) is 8.35. The van der Waals surface area contributed by atoms with E-state index >= 15 is 0 Å². The van der Waals surface area contributed by atoms with Gasteiger partial charge in [0.05, 0.1) is 12.5 Å². The van der Waals surface area contributed by atoms with Crippen LogP contribution < -0.4 is 10.6 Å². The summed E-state index contributed by atoms with van der Waals surface area (Å²) >= 11 is 0. The Kier molecular flexibility index (Phi) is 5.89. The Hall–Kier alpha value is -3.13. The van der Waals surface area contributed by atoms with E-state index in [2.05, 4.69) is 10.6 Å². The maximum atomic E-state index is 12.0. The Morgan fingerprint density at radius 3 is 2.39 bits per heavy atom. The molecular weight excluding hydrogens is 290 g/mol. The van der Waals surface area contributed by atoms with Crippen molar-refractivity contribution in [3.05, 3.63) is 65.7 Å². The summed E-state index contributed by atoms with van der Waals surface area (Å²) in [5, 5.41) is 14.0. The molecule has 0 aromatic heterocycles. The van der Waals surface area contributed by atoms with Crippen LogP contribution in [-0.2, 0) is 22.6 Å². The average Bonchev–Trinajstić information content (AvgIpc) is 2.55. The van der Waals surface area contributed by atoms with Crippen molar-refractivity contribution >= 4 is 17.5 Å². The summed E-state index contributed by atoms with van der Waals surface area (Å²) in [7, 11) is 0. The van der Waals surface area contributed by atoms with Crippen molar-refractivity contribution in [1.29, 1.82) is 5.26 Å². The van der Waals surface area contributed by atoms with Crippen molar-refractivity contribution in [3.63, 3.8) is 0 Å². The van der Waals surface area contributed by atoms with Crippen molar-refractivity contribution in [2.75, 3.05) is 5.32 Å². The molecule has 0 aliphatic carbocycles. The van der Waals surface area contributed by atoms with E-state index in [0.29, 0.717) is 18.7 Å². The minimum absolute atomic E-state index is 0.0886. The van der Waals surface area contributed by atoms with Crippen molar-refractivity contribution in [2.24, 2.45) is 0 Å². The molecule has 0 aliphatic rings. The van der Waals surface area contributed by atoms with Gasteiger partial charge in [0.1, 0.15) is 6.42 Å². The molecule has 0 atom stereocenters. The first-order valence-corrected chi connectivity index (χ1v) is 7.24. The van der Waals surface area contributed by atoms with E-state index in [9.17, 15) is 9.59 Å². The average molecular weight is 307 g/mol. The number of nitriles is 1. The van der Waals surface area contributed by atoms with Crippen LogP contribution in [0, 0.1) is 11.3 Å². The number of hydrogen-bond acceptors (Lipinski definition) is 3. The number of anilines is 1. The molecule has 0 radical (unpaired) electrons. The molecule has 0 bridgehead atoms. The Bertz CT molecular complexity index is 721. The molecule has 0 unspecified atom stereocenters. The number of carbonyl (C=O) groups excluding carboxylic acids is 2. The highest BCUT2D eigenvalue weighted by atomic mass is 16.2. The van der Waals surface area contributed by atoms with Gasteiger partial charge in [0.15, 0.2) is 0 Å². The smallest absolute Gasteiger partial charge is 0.238 e. The summed E-state index contributed by atoms with van der Waals surface area (Å²) in [6, 6.07) is 18.5. The highest BCUT2D eigenvalue weighted by molar-refractivity contribution is 5.92. The van der Waals surface area contributed by atoms with Crippen LogP contribution in [0.4, 0.5) is 5.69 Å². The molecule has 2 N–H and O–H groups in total. The maximum absolute atomic E-state index is 12.0. The van der Waals surface area contributed by atoms with Crippen molar-refractivity contribution < 1.29 is 9.59 Å². The number of nitrogens with one attached hydrogen (secondary N) is 2. The van der Waals surface area contributed by atoms with Crippen LogP contribution in [0.5, 0.6) is 0 Å². The molecule has 116 valence electrons. The van der Waals surface area contributed by atoms with Gasteiger partial charge in [0, 0.05) is 12.2 Å². The second-order valence-corrected chi connectivity index (χ2v) is 4.98. The van der Waals surface area contributed by atoms with E-state index in [1.165, 1.54) is 0 Å². The minimum Gasteiger partial charge on any atom is -0.352 e. The third kappa shape index (κ3) is 5.29. The monoisotopic (exact) mass is 307 g/mol. The van der Waals surface area contributed by atoms with Crippen LogP contribution in [0.2, 0.25) is 0 Å². The molecule has 0 heterocycles. The second-order valence-electron chi connectivity index (χ2n) is 4.98. The number of para-hydroxylation sites is 1. The van der Waals surface area contributed by atoms with Crippen molar-refractivity contribution in [3.8, 4) is 6.07 Å². The lowest BCUT2D eigenvalue weighted by molar-refractivity contribution is -0.120. The molecule has 2 aromatic rings. The number of hydrogen-bond donors (Lipinski definition) is 2. The van der Waals surface area contributed by atoms with Crippen LogP contribution in [0.1, 0.15) is 17.5 Å². The molecule has 5 heteroatoms. The summed E-state index contributed by atoms with van der Waals surface area (Å²) in [6.45, 7) is 0.314. The fourth-order valence-electron chi connectivity index (χ4n) is 2.10. The first kappa shape index (κ1) is 16.2. The molecule has 0 fully saturated rings. The number of rotatable bonds is 6. The fourth-order valence-corrected chi connectivity index (χ4v) is 2.10. The summed E-state index contributed by atoms with van der Waals surface area (Å²) < 4.78 is 0. The molecule has 5 nitrogen and oxygen atoms in total. The van der Waals surface area contributed by atoms with E-state index in [4.69, 9.17) is 5.26 Å². The molecule has 23 heavy (non-hydrogen) atoms. The van der Waals surface area contributed by atoms with Gasteiger partial charge in [0.25, 0.3) is 0 Å². The Morgan fingerprint density at radius 2 is 1.65 bits per heavy atom. The third-order valence-corrected chi connectivity index (χ3v) is 3.21. The lowest BCUT2D eigenvalue weighted by atomic mass is 10.1. The molecular formula is C18H17N3O2. The number of benzene rings is 2. The summed E-state index contributed by atoms with van der Waals surface area (Å²) in [5.74, 6) is -0.454. The summed E-state index contributed by atoms with van der Waals surface area (Å²) in [6.07, 6.45) is 0.110. The molecule has 0 aliphatic heterocycles. The third-order valence-electron chi connectivity index (χ3n) is 3.21. The standard InChI is InChI=1S/C18H17N3O2/c19-11-10-17(22)21-16-9-5-4-8-15(16)13-20-18(23)12-14-6-2-1-3-7-14/h1-9H,10,12-13H2,(H,20,23)(H,21,22). The zero-order valence-electron chi connectivity index (χ0n) is 12.6. The zero-order chi connectivity index (χ0) is 16.5. The SMILES string of the molecule is N#CCC(=O)Nc1ccccc1CNC(=O)Cc1ccccc1. The van der Waals surface area contributed by atoms with Gasteiger partial charge in [-0.3, -0.25) is 9.59 Å². The van der Waals surface area contributed by atoms with Crippen LogP contribution in [0.15, 0.2) is 54.6 Å². The first-order chi connectivity index (χ1) is 11.2. The van der Waals surface area contributed by atoms with E-state index in [1.807, 2.05) is 42.5 Å². The predicted molar refractivity (Wildman–Crippen MR) is 87.3 cm³/mol. The number of carbonyl (C=O) groups is 2. The van der Waals surface area contributed by atoms with Gasteiger partial charge in [-0.2, -0.15) is 5.26 Å². The van der Waals surface area contributed by atoms with E-state index < -0.39 is 0 Å². The van der Waals surface area contributed by atoms with Gasteiger partial charge in [-0.05, 0) is 17.2 Å². The van der Waals surface area contributed by atoms with Crippen LogP contribution in [-0.4, -0.2) is 11.8 Å². The first-order valence-electron chi connectivity index (χ1n) is 7.24. The molecule has 0 spiro atoms. The van der Waals surface area contributed by atoms with Crippen molar-refractivity contribution in [1.82, 2.24) is 5.32 Å². The van der Waals surface area contributed by atoms with Gasteiger partial charge >= 0.3 is 0 Å². The molecule has 2 amide bonds. The lowest BCUT2D eigenvalue weighted by Crippen LogP contribution is -2.25. The summed E-state index contributed by atoms with van der Waals surface area (Å²) in [5.41, 5.74) is 2.34. The fraction of sp³-hybridized carbons (Fsp3) is 0.167. The number of amides is 2. The normalized spacial score (nSPS) is 9.70. The largest absolute Gasteiger partial charge is 0.352 e. The van der Waals surface area contributed by atoms with Gasteiger partial charge in [-0.25, -0.2) is 0 Å². The van der Waals surface area contributed by atoms with E-state index in [0.717, 1.165) is 11.1 Å². The van der Waals surface area contributed by atoms with E-state index in [1.54, 1.807) is 18.2 Å². The Labute approximate surface area is 134 Å². The minimum atomic E-state index is -0.365. The van der Waals surface area contributed by atoms with E-state index in [-0.39, 0.29) is 18.2 Å². The highest BCUT2D eigenvalue weighted by Gasteiger charge is 2.08. The number of nitrogens with zero attached hydrogens (tertiary/aromatic N) is 1. The van der Waals surface area contributed by atoms with Crippen LogP contribution in [0.3, 0.4) is 0 Å². The molecule has 2 aromatic carbocycles. The van der Waals surface area contributed by atoms with Gasteiger partial charge in [0.2, 0.25) is 11.8 Å². The quantitative estimate of drug-likeness (QED) is 0.859. The summed E-state index contributed by atoms with van der Waals surface area (Å²) in [4.78, 5) is 23.5.